The maximum absolute atomic E-state index is 11.2. The summed E-state index contributed by atoms with van der Waals surface area (Å²) >= 11 is 0. The number of nitrogens with one attached hydrogen (secondary N) is 2. The number of amides is 2. The summed E-state index contributed by atoms with van der Waals surface area (Å²) in [5.41, 5.74) is 12.5. The topological polar surface area (TPSA) is 140 Å². The van der Waals surface area contributed by atoms with E-state index in [1.807, 2.05) is 0 Å². The van der Waals surface area contributed by atoms with Crippen LogP contribution in [0.15, 0.2) is 12.1 Å². The first kappa shape index (κ1) is 14.8. The van der Waals surface area contributed by atoms with E-state index < -0.39 is 12.0 Å². The summed E-state index contributed by atoms with van der Waals surface area (Å²) in [7, 11) is 0. The van der Waals surface area contributed by atoms with Gasteiger partial charge in [0.05, 0.1) is 11.7 Å². The summed E-state index contributed by atoms with van der Waals surface area (Å²) < 4.78 is 5.60. The molecule has 1 aliphatic heterocycles. The first-order valence-corrected chi connectivity index (χ1v) is 6.57. The molecule has 2 amide bonds. The Morgan fingerprint density at radius 2 is 2.24 bits per heavy atom. The zero-order valence-electron chi connectivity index (χ0n) is 11.4. The highest BCUT2D eigenvalue weighted by Gasteiger charge is 2.22. The van der Waals surface area contributed by atoms with Crippen LogP contribution in [0.25, 0.3) is 0 Å². The van der Waals surface area contributed by atoms with E-state index in [0.717, 1.165) is 6.42 Å². The summed E-state index contributed by atoms with van der Waals surface area (Å²) in [5, 5.41) is 14.0. The molecule has 1 aromatic rings. The molecule has 8 heteroatoms. The van der Waals surface area contributed by atoms with Crippen molar-refractivity contribution in [1.29, 1.82) is 0 Å². The molecule has 0 saturated carbocycles. The lowest BCUT2D eigenvalue weighted by Crippen LogP contribution is -2.33. The SMILES string of the molecule is NC(=O)c1cc(N)c2c(c1)OCC(CCCNC(=O)O)N2. The Kier molecular flexibility index (Phi) is 4.36. The third-order valence-electron chi connectivity index (χ3n) is 3.21. The van der Waals surface area contributed by atoms with E-state index >= 15 is 0 Å². The molecule has 0 spiro atoms. The first-order valence-electron chi connectivity index (χ1n) is 6.57. The second kappa shape index (κ2) is 6.21. The smallest absolute Gasteiger partial charge is 0.404 e. The number of nitrogen functional groups attached to an aromatic ring is 1. The Labute approximate surface area is 121 Å². The molecular formula is C13H18N4O4. The lowest BCUT2D eigenvalue weighted by molar-refractivity contribution is 0.0999. The minimum atomic E-state index is -1.03. The summed E-state index contributed by atoms with van der Waals surface area (Å²) in [5.74, 6) is -0.0568. The van der Waals surface area contributed by atoms with Crippen LogP contribution in [0, 0.1) is 0 Å². The van der Waals surface area contributed by atoms with Gasteiger partial charge in [-0.1, -0.05) is 0 Å². The minimum absolute atomic E-state index is 0.0369. The fraction of sp³-hybridized carbons (Fsp3) is 0.385. The third kappa shape index (κ3) is 3.68. The number of carbonyl (C=O) groups excluding carboxylic acids is 1. The van der Waals surface area contributed by atoms with Crippen molar-refractivity contribution in [3.63, 3.8) is 0 Å². The van der Waals surface area contributed by atoms with Crippen molar-refractivity contribution in [2.45, 2.75) is 18.9 Å². The second-order valence-corrected chi connectivity index (χ2v) is 4.83. The average Bonchev–Trinajstić information content (AvgIpc) is 2.43. The van der Waals surface area contributed by atoms with E-state index in [1.54, 1.807) is 6.07 Å². The number of carbonyl (C=O) groups is 2. The van der Waals surface area contributed by atoms with Gasteiger partial charge in [0.2, 0.25) is 5.91 Å². The molecule has 0 radical (unpaired) electrons. The maximum Gasteiger partial charge on any atom is 0.404 e. The van der Waals surface area contributed by atoms with Crippen LogP contribution in [-0.2, 0) is 0 Å². The predicted molar refractivity (Wildman–Crippen MR) is 77.5 cm³/mol. The van der Waals surface area contributed by atoms with Crippen molar-refractivity contribution < 1.29 is 19.4 Å². The van der Waals surface area contributed by atoms with Gasteiger partial charge in [-0.3, -0.25) is 4.79 Å². The lowest BCUT2D eigenvalue weighted by atomic mass is 10.1. The zero-order chi connectivity index (χ0) is 15.4. The van der Waals surface area contributed by atoms with Crippen LogP contribution in [0.5, 0.6) is 5.75 Å². The van der Waals surface area contributed by atoms with Gasteiger partial charge in [0, 0.05) is 12.1 Å². The first-order chi connectivity index (χ1) is 9.97. The quantitative estimate of drug-likeness (QED) is 0.397. The number of anilines is 2. The van der Waals surface area contributed by atoms with E-state index in [1.165, 1.54) is 6.07 Å². The van der Waals surface area contributed by atoms with E-state index in [0.29, 0.717) is 42.3 Å². The van der Waals surface area contributed by atoms with Crippen LogP contribution in [0.3, 0.4) is 0 Å². The monoisotopic (exact) mass is 294 g/mol. The Bertz CT molecular complexity index is 561. The van der Waals surface area contributed by atoms with Crippen molar-refractivity contribution in [2.75, 3.05) is 24.2 Å². The molecule has 2 rings (SSSR count). The van der Waals surface area contributed by atoms with Gasteiger partial charge in [0.15, 0.2) is 0 Å². The molecule has 1 atom stereocenters. The second-order valence-electron chi connectivity index (χ2n) is 4.83. The van der Waals surface area contributed by atoms with Crippen molar-refractivity contribution in [1.82, 2.24) is 5.32 Å². The summed E-state index contributed by atoms with van der Waals surface area (Å²) in [4.78, 5) is 21.5. The van der Waals surface area contributed by atoms with Gasteiger partial charge in [0.25, 0.3) is 0 Å². The van der Waals surface area contributed by atoms with E-state index in [9.17, 15) is 9.59 Å². The highest BCUT2D eigenvalue weighted by Crippen LogP contribution is 2.36. The Balaban J connectivity index is 1.97. The van der Waals surface area contributed by atoms with Crippen LogP contribution >= 0.6 is 0 Å². The molecule has 1 aliphatic rings. The molecule has 1 heterocycles. The van der Waals surface area contributed by atoms with Crippen LogP contribution in [0.2, 0.25) is 0 Å². The highest BCUT2D eigenvalue weighted by atomic mass is 16.5. The molecular weight excluding hydrogens is 276 g/mol. The summed E-state index contributed by atoms with van der Waals surface area (Å²) in [6, 6.07) is 3.10. The number of fused-ring (bicyclic) bond motifs is 1. The molecule has 0 bridgehead atoms. The number of primary amides is 1. The number of hydrogen-bond acceptors (Lipinski definition) is 5. The lowest BCUT2D eigenvalue weighted by Gasteiger charge is -2.28. The number of hydrogen-bond donors (Lipinski definition) is 5. The number of benzene rings is 1. The van der Waals surface area contributed by atoms with Gasteiger partial charge < -0.3 is 31.9 Å². The fourth-order valence-electron chi connectivity index (χ4n) is 2.18. The molecule has 114 valence electrons. The van der Waals surface area contributed by atoms with Gasteiger partial charge in [-0.05, 0) is 25.0 Å². The highest BCUT2D eigenvalue weighted by molar-refractivity contribution is 5.96. The molecule has 1 unspecified atom stereocenters. The van der Waals surface area contributed by atoms with Crippen LogP contribution < -0.4 is 26.8 Å². The number of rotatable bonds is 5. The number of ether oxygens (including phenoxy) is 1. The predicted octanol–water partition coefficient (Wildman–Crippen LogP) is 0.588. The minimum Gasteiger partial charge on any atom is -0.489 e. The van der Waals surface area contributed by atoms with Crippen molar-refractivity contribution in [2.24, 2.45) is 5.73 Å². The molecule has 8 nitrogen and oxygen atoms in total. The van der Waals surface area contributed by atoms with Crippen molar-refractivity contribution >= 4 is 23.4 Å². The Morgan fingerprint density at radius 1 is 1.48 bits per heavy atom. The number of carboxylic acid groups (broad SMARTS) is 1. The number of nitrogens with two attached hydrogens (primary N) is 2. The van der Waals surface area contributed by atoms with E-state index in [-0.39, 0.29) is 6.04 Å². The normalized spacial score (nSPS) is 16.3. The van der Waals surface area contributed by atoms with Gasteiger partial charge >= 0.3 is 6.09 Å². The molecule has 1 aromatic carbocycles. The summed E-state index contributed by atoms with van der Waals surface area (Å²) in [6.07, 6.45) is 0.384. The molecule has 21 heavy (non-hydrogen) atoms. The maximum atomic E-state index is 11.2. The molecule has 0 aromatic heterocycles. The average molecular weight is 294 g/mol. The van der Waals surface area contributed by atoms with Crippen molar-refractivity contribution in [3.8, 4) is 5.75 Å². The van der Waals surface area contributed by atoms with Gasteiger partial charge in [-0.2, -0.15) is 0 Å². The molecule has 0 fully saturated rings. The van der Waals surface area contributed by atoms with Crippen LogP contribution in [-0.4, -0.2) is 36.3 Å². The molecule has 7 N–H and O–H groups in total. The van der Waals surface area contributed by atoms with Crippen LogP contribution in [0.4, 0.5) is 16.2 Å². The van der Waals surface area contributed by atoms with E-state index in [4.69, 9.17) is 21.3 Å². The molecule has 0 saturated heterocycles. The Hall–Kier alpha value is -2.64. The van der Waals surface area contributed by atoms with Gasteiger partial charge in [0.1, 0.15) is 18.0 Å². The standard InChI is InChI=1S/C13H18N4O4/c14-9-4-7(12(15)18)5-10-11(9)17-8(6-21-10)2-1-3-16-13(19)20/h4-5,8,16-17H,1-3,6,14H2,(H2,15,18)(H,19,20). The van der Waals surface area contributed by atoms with E-state index in [2.05, 4.69) is 10.6 Å². The third-order valence-corrected chi connectivity index (χ3v) is 3.21. The largest absolute Gasteiger partial charge is 0.489 e. The molecule has 0 aliphatic carbocycles. The van der Waals surface area contributed by atoms with Crippen molar-refractivity contribution in [3.05, 3.63) is 17.7 Å². The fourth-order valence-corrected chi connectivity index (χ4v) is 2.18. The zero-order valence-corrected chi connectivity index (χ0v) is 11.4. The summed E-state index contributed by atoms with van der Waals surface area (Å²) in [6.45, 7) is 0.804. The van der Waals surface area contributed by atoms with Gasteiger partial charge in [-0.25, -0.2) is 4.79 Å². The Morgan fingerprint density at radius 3 is 2.90 bits per heavy atom. The van der Waals surface area contributed by atoms with Gasteiger partial charge in [-0.15, -0.1) is 0 Å². The van der Waals surface area contributed by atoms with Crippen LogP contribution in [0.1, 0.15) is 23.2 Å².